The molecule has 0 atom stereocenters. The Morgan fingerprint density at radius 2 is 2.12 bits per heavy atom. The summed E-state index contributed by atoms with van der Waals surface area (Å²) in [6.07, 6.45) is 3.21. The third-order valence-corrected chi connectivity index (χ3v) is 1.58. The lowest BCUT2D eigenvalue weighted by atomic mass is 10.2. The minimum Gasteiger partial charge on any atom is -0.495 e. The summed E-state index contributed by atoms with van der Waals surface area (Å²) in [5.74, 6) is -0.486. The van der Waals surface area contributed by atoms with Gasteiger partial charge in [0, 0.05) is 20.3 Å². The van der Waals surface area contributed by atoms with Gasteiger partial charge in [0.25, 0.3) is 0 Å². The van der Waals surface area contributed by atoms with Crippen molar-refractivity contribution in [3.8, 4) is 6.07 Å². The van der Waals surface area contributed by atoms with Gasteiger partial charge >= 0.3 is 5.97 Å². The van der Waals surface area contributed by atoms with Crippen LogP contribution in [0.3, 0.4) is 0 Å². The highest BCUT2D eigenvalue weighted by Gasteiger charge is 2.15. The Morgan fingerprint density at radius 3 is 2.50 bits per heavy atom. The average Bonchev–Trinajstić information content (AvgIpc) is 2.24. The molecule has 0 aliphatic rings. The maximum Gasteiger partial charge on any atom is 0.352 e. The van der Waals surface area contributed by atoms with E-state index in [1.807, 2.05) is 14.1 Å². The van der Waals surface area contributed by atoms with Crippen molar-refractivity contribution in [2.24, 2.45) is 0 Å². The summed E-state index contributed by atoms with van der Waals surface area (Å²) in [6.45, 7) is 1.90. The summed E-state index contributed by atoms with van der Waals surface area (Å²) < 4.78 is 9.70. The molecule has 5 heteroatoms. The smallest absolute Gasteiger partial charge is 0.352 e. The Bertz CT molecular complexity index is 338. The summed E-state index contributed by atoms with van der Waals surface area (Å²) in [5, 5.41) is 8.85. The summed E-state index contributed by atoms with van der Waals surface area (Å²) >= 11 is 0. The van der Waals surface area contributed by atoms with Gasteiger partial charge in [-0.15, -0.1) is 0 Å². The molecule has 0 unspecified atom stereocenters. The molecule has 16 heavy (non-hydrogen) atoms. The van der Waals surface area contributed by atoms with Crippen LogP contribution in [0.5, 0.6) is 0 Å². The van der Waals surface area contributed by atoms with Crippen LogP contribution in [-0.2, 0) is 14.3 Å². The molecule has 0 aromatic heterocycles. The first-order valence-corrected chi connectivity index (χ1v) is 4.76. The highest BCUT2D eigenvalue weighted by atomic mass is 16.5. The van der Waals surface area contributed by atoms with Gasteiger partial charge in [0.2, 0.25) is 0 Å². The van der Waals surface area contributed by atoms with Crippen LogP contribution < -0.4 is 0 Å². The number of carbonyl (C=O) groups is 1. The zero-order chi connectivity index (χ0) is 12.6. The number of nitriles is 1. The van der Waals surface area contributed by atoms with Gasteiger partial charge in [-0.3, -0.25) is 0 Å². The third kappa shape index (κ3) is 4.51. The lowest BCUT2D eigenvalue weighted by Crippen LogP contribution is -2.10. The van der Waals surface area contributed by atoms with Crippen LogP contribution in [0.1, 0.15) is 6.92 Å². The molecule has 0 spiro atoms. The number of allylic oxidation sites excluding steroid dienone is 1. The highest BCUT2D eigenvalue weighted by Crippen LogP contribution is 2.09. The van der Waals surface area contributed by atoms with Crippen molar-refractivity contribution in [2.45, 2.75) is 6.92 Å². The summed E-state index contributed by atoms with van der Waals surface area (Å²) in [6, 6.07) is 1.77. The van der Waals surface area contributed by atoms with Crippen LogP contribution in [0.2, 0.25) is 0 Å². The van der Waals surface area contributed by atoms with E-state index in [9.17, 15) is 4.79 Å². The minimum atomic E-state index is -0.676. The molecule has 0 saturated carbocycles. The maximum atomic E-state index is 11.4. The number of hydrogen-bond donors (Lipinski definition) is 0. The standard InChI is InChI=1S/C11H16N2O3/c1-5-16-11(14)9(8-12)10(15-4)6-7-13(2)3/h6-7H,5H2,1-4H3. The molecular formula is C11H16N2O3. The molecule has 0 heterocycles. The molecule has 0 N–H and O–H groups in total. The molecule has 0 bridgehead atoms. The lowest BCUT2D eigenvalue weighted by Gasteiger charge is -2.07. The molecule has 5 nitrogen and oxygen atoms in total. The van der Waals surface area contributed by atoms with Crippen LogP contribution in [0.4, 0.5) is 0 Å². The average molecular weight is 224 g/mol. The minimum absolute atomic E-state index is 0.137. The first-order chi connectivity index (χ1) is 7.56. The number of rotatable bonds is 5. The van der Waals surface area contributed by atoms with Gasteiger partial charge in [0.05, 0.1) is 13.7 Å². The summed E-state index contributed by atoms with van der Waals surface area (Å²) in [4.78, 5) is 13.2. The van der Waals surface area contributed by atoms with E-state index in [0.717, 1.165) is 0 Å². The van der Waals surface area contributed by atoms with Crippen molar-refractivity contribution in [3.05, 3.63) is 23.6 Å². The molecule has 0 rings (SSSR count). The Hall–Kier alpha value is -1.96. The molecule has 0 fully saturated rings. The van der Waals surface area contributed by atoms with Crippen molar-refractivity contribution < 1.29 is 14.3 Å². The first-order valence-electron chi connectivity index (χ1n) is 4.76. The fourth-order valence-corrected chi connectivity index (χ4v) is 0.875. The Morgan fingerprint density at radius 1 is 1.50 bits per heavy atom. The van der Waals surface area contributed by atoms with Crippen molar-refractivity contribution in [1.29, 1.82) is 5.26 Å². The quantitative estimate of drug-likeness (QED) is 0.230. The molecule has 88 valence electrons. The van der Waals surface area contributed by atoms with Crippen molar-refractivity contribution in [3.63, 3.8) is 0 Å². The predicted octanol–water partition coefficient (Wildman–Crippen LogP) is 1.05. The largest absolute Gasteiger partial charge is 0.495 e. The van der Waals surface area contributed by atoms with Gasteiger partial charge in [-0.05, 0) is 13.0 Å². The van der Waals surface area contributed by atoms with Gasteiger partial charge in [-0.1, -0.05) is 0 Å². The molecule has 0 aliphatic heterocycles. The van der Waals surface area contributed by atoms with E-state index in [1.165, 1.54) is 13.2 Å². The molecule has 0 saturated heterocycles. The van der Waals surface area contributed by atoms with Gasteiger partial charge < -0.3 is 14.4 Å². The van der Waals surface area contributed by atoms with Crippen LogP contribution in [0.25, 0.3) is 0 Å². The van der Waals surface area contributed by atoms with E-state index >= 15 is 0 Å². The highest BCUT2D eigenvalue weighted by molar-refractivity contribution is 5.93. The number of nitrogens with zero attached hydrogens (tertiary/aromatic N) is 2. The molecule has 0 aliphatic carbocycles. The van der Waals surface area contributed by atoms with Crippen LogP contribution >= 0.6 is 0 Å². The van der Waals surface area contributed by atoms with E-state index in [0.29, 0.717) is 0 Å². The second-order valence-corrected chi connectivity index (χ2v) is 3.05. The van der Waals surface area contributed by atoms with E-state index in [1.54, 1.807) is 24.1 Å². The number of hydrogen-bond acceptors (Lipinski definition) is 5. The van der Waals surface area contributed by atoms with Crippen LogP contribution in [0, 0.1) is 11.3 Å². The second-order valence-electron chi connectivity index (χ2n) is 3.05. The molecule has 0 amide bonds. The predicted molar refractivity (Wildman–Crippen MR) is 59.1 cm³/mol. The maximum absolute atomic E-state index is 11.4. The third-order valence-electron chi connectivity index (χ3n) is 1.58. The fourth-order valence-electron chi connectivity index (χ4n) is 0.875. The number of methoxy groups -OCH3 is 1. The summed E-state index contributed by atoms with van der Waals surface area (Å²) in [7, 11) is 5.03. The Labute approximate surface area is 95.6 Å². The van der Waals surface area contributed by atoms with Gasteiger partial charge in [0.15, 0.2) is 5.57 Å². The van der Waals surface area contributed by atoms with Crippen LogP contribution in [-0.4, -0.2) is 38.7 Å². The number of carbonyl (C=O) groups excluding carboxylic acids is 1. The van der Waals surface area contributed by atoms with E-state index in [2.05, 4.69) is 0 Å². The molecular weight excluding hydrogens is 208 g/mol. The Balaban J connectivity index is 5.07. The molecule has 0 aromatic rings. The Kier molecular flexibility index (Phi) is 6.45. The monoisotopic (exact) mass is 224 g/mol. The van der Waals surface area contributed by atoms with Crippen LogP contribution in [0.15, 0.2) is 23.6 Å². The second kappa shape index (κ2) is 7.35. The fraction of sp³-hybridized carbons (Fsp3) is 0.455. The van der Waals surface area contributed by atoms with Gasteiger partial charge in [-0.25, -0.2) is 4.79 Å². The molecule has 0 radical (unpaired) electrons. The van der Waals surface area contributed by atoms with Crippen molar-refractivity contribution >= 4 is 5.97 Å². The number of esters is 1. The zero-order valence-corrected chi connectivity index (χ0v) is 9.98. The lowest BCUT2D eigenvalue weighted by molar-refractivity contribution is -0.138. The number of ether oxygens (including phenoxy) is 2. The van der Waals surface area contributed by atoms with Crippen molar-refractivity contribution in [2.75, 3.05) is 27.8 Å². The topological polar surface area (TPSA) is 62.6 Å². The zero-order valence-electron chi connectivity index (χ0n) is 9.98. The van der Waals surface area contributed by atoms with Crippen molar-refractivity contribution in [1.82, 2.24) is 4.90 Å². The first kappa shape index (κ1) is 14.0. The van der Waals surface area contributed by atoms with E-state index < -0.39 is 5.97 Å². The molecule has 0 aromatic carbocycles. The van der Waals surface area contributed by atoms with Gasteiger partial charge in [-0.2, -0.15) is 5.26 Å². The SMILES string of the molecule is CCOC(=O)C(C#N)=C(C=CN(C)C)OC. The van der Waals surface area contributed by atoms with E-state index in [4.69, 9.17) is 14.7 Å². The van der Waals surface area contributed by atoms with Gasteiger partial charge in [0.1, 0.15) is 11.8 Å². The summed E-state index contributed by atoms with van der Waals surface area (Å²) in [5.41, 5.74) is -0.137. The normalized spacial score (nSPS) is 11.7. The van der Waals surface area contributed by atoms with E-state index in [-0.39, 0.29) is 17.9 Å².